The zero-order chi connectivity index (χ0) is 13.3. The molecule has 0 spiro atoms. The summed E-state index contributed by atoms with van der Waals surface area (Å²) in [6.07, 6.45) is -2.72. The van der Waals surface area contributed by atoms with Crippen molar-refractivity contribution in [3.05, 3.63) is 36.0 Å². The third-order valence-corrected chi connectivity index (χ3v) is 2.76. The van der Waals surface area contributed by atoms with E-state index in [2.05, 4.69) is 0 Å². The Morgan fingerprint density at radius 2 is 1.94 bits per heavy atom. The zero-order valence-corrected chi connectivity index (χ0v) is 9.79. The molecule has 0 radical (unpaired) electrons. The lowest BCUT2D eigenvalue weighted by Gasteiger charge is -2.08. The van der Waals surface area contributed by atoms with Gasteiger partial charge in [0.05, 0.1) is 0 Å². The van der Waals surface area contributed by atoms with Gasteiger partial charge in [0.1, 0.15) is 6.54 Å². The minimum atomic E-state index is -4.30. The van der Waals surface area contributed by atoms with Gasteiger partial charge in [-0.2, -0.15) is 13.2 Å². The van der Waals surface area contributed by atoms with E-state index in [-0.39, 0.29) is 12.2 Å². The summed E-state index contributed by atoms with van der Waals surface area (Å²) in [5.74, 6) is -0.146. The number of rotatable bonds is 3. The number of benzene rings is 1. The van der Waals surface area contributed by atoms with Crippen molar-refractivity contribution in [3.63, 3.8) is 0 Å². The van der Waals surface area contributed by atoms with Gasteiger partial charge in [0.25, 0.3) is 0 Å². The van der Waals surface area contributed by atoms with Crippen LogP contribution in [-0.2, 0) is 6.54 Å². The molecule has 1 heterocycles. The lowest BCUT2D eigenvalue weighted by atomic mass is 10.1. The van der Waals surface area contributed by atoms with Gasteiger partial charge in [-0.25, -0.2) is 0 Å². The molecule has 2 rings (SSSR count). The molecule has 0 saturated carbocycles. The van der Waals surface area contributed by atoms with E-state index in [1.54, 1.807) is 31.2 Å². The number of Topliss-reactive ketones (excluding diaryl/α,β-unsaturated/α-hetero) is 1. The highest BCUT2D eigenvalue weighted by Crippen LogP contribution is 2.26. The second-order valence-electron chi connectivity index (χ2n) is 4.08. The van der Waals surface area contributed by atoms with Gasteiger partial charge in [-0.05, 0) is 6.07 Å². The van der Waals surface area contributed by atoms with E-state index < -0.39 is 12.7 Å². The number of halogens is 3. The number of alkyl halides is 3. The van der Waals surface area contributed by atoms with E-state index in [1.807, 2.05) is 0 Å². The fourth-order valence-corrected chi connectivity index (χ4v) is 1.98. The third-order valence-electron chi connectivity index (χ3n) is 2.76. The van der Waals surface area contributed by atoms with Gasteiger partial charge in [-0.3, -0.25) is 4.79 Å². The number of aromatic nitrogens is 1. The van der Waals surface area contributed by atoms with Crippen LogP contribution in [0.4, 0.5) is 13.2 Å². The molecule has 0 N–H and O–H groups in total. The molecular formula is C13H12F3NO. The van der Waals surface area contributed by atoms with Crippen LogP contribution in [0.3, 0.4) is 0 Å². The summed E-state index contributed by atoms with van der Waals surface area (Å²) >= 11 is 0. The molecule has 1 aromatic carbocycles. The normalized spacial score (nSPS) is 12.0. The Balaban J connectivity index is 2.58. The molecule has 0 bridgehead atoms. The molecule has 0 fully saturated rings. The van der Waals surface area contributed by atoms with Crippen molar-refractivity contribution < 1.29 is 18.0 Å². The van der Waals surface area contributed by atoms with Crippen LogP contribution in [0.15, 0.2) is 30.5 Å². The van der Waals surface area contributed by atoms with Crippen molar-refractivity contribution in [2.75, 3.05) is 0 Å². The molecule has 0 saturated heterocycles. The molecule has 18 heavy (non-hydrogen) atoms. The van der Waals surface area contributed by atoms with Crippen molar-refractivity contribution in [1.29, 1.82) is 0 Å². The molecule has 0 amide bonds. The monoisotopic (exact) mass is 255 g/mol. The van der Waals surface area contributed by atoms with Crippen LogP contribution < -0.4 is 0 Å². The molecule has 96 valence electrons. The summed E-state index contributed by atoms with van der Waals surface area (Å²) in [7, 11) is 0. The Hall–Kier alpha value is -1.78. The number of hydrogen-bond acceptors (Lipinski definition) is 1. The SMILES string of the molecule is CCC(=O)c1cn(CC(F)(F)F)c2ccccc12. The predicted molar refractivity (Wildman–Crippen MR) is 62.6 cm³/mol. The summed E-state index contributed by atoms with van der Waals surface area (Å²) in [6, 6.07) is 6.64. The third kappa shape index (κ3) is 2.39. The first-order valence-electron chi connectivity index (χ1n) is 5.60. The average Bonchev–Trinajstić information content (AvgIpc) is 2.65. The van der Waals surface area contributed by atoms with Crippen molar-refractivity contribution in [3.8, 4) is 0 Å². The lowest BCUT2D eigenvalue weighted by molar-refractivity contribution is -0.139. The maximum atomic E-state index is 12.5. The molecule has 1 aromatic heterocycles. The van der Waals surface area contributed by atoms with Crippen LogP contribution in [0.5, 0.6) is 0 Å². The van der Waals surface area contributed by atoms with Gasteiger partial charge in [-0.1, -0.05) is 25.1 Å². The minimum Gasteiger partial charge on any atom is -0.338 e. The Morgan fingerprint density at radius 3 is 2.56 bits per heavy atom. The van der Waals surface area contributed by atoms with Crippen LogP contribution in [0.2, 0.25) is 0 Å². The standard InChI is InChI=1S/C13H12F3NO/c1-2-12(18)10-7-17(8-13(14,15)16)11-6-4-3-5-9(10)11/h3-7H,2,8H2,1H3. The van der Waals surface area contributed by atoms with E-state index >= 15 is 0 Å². The number of nitrogens with zero attached hydrogens (tertiary/aromatic N) is 1. The first kappa shape index (κ1) is 12.7. The number of hydrogen-bond donors (Lipinski definition) is 0. The highest BCUT2D eigenvalue weighted by atomic mass is 19.4. The summed E-state index contributed by atoms with van der Waals surface area (Å²) in [5, 5.41) is 0.577. The van der Waals surface area contributed by atoms with Gasteiger partial charge in [0.2, 0.25) is 0 Å². The lowest BCUT2D eigenvalue weighted by Crippen LogP contribution is -2.16. The highest BCUT2D eigenvalue weighted by Gasteiger charge is 2.29. The maximum absolute atomic E-state index is 12.5. The van der Waals surface area contributed by atoms with Crippen LogP contribution >= 0.6 is 0 Å². The molecule has 0 unspecified atom stereocenters. The van der Waals surface area contributed by atoms with Gasteiger partial charge < -0.3 is 4.57 Å². The summed E-state index contributed by atoms with van der Waals surface area (Å²) < 4.78 is 38.4. The van der Waals surface area contributed by atoms with Crippen molar-refractivity contribution >= 4 is 16.7 Å². The van der Waals surface area contributed by atoms with E-state index in [9.17, 15) is 18.0 Å². The van der Waals surface area contributed by atoms with Crippen LogP contribution in [0.25, 0.3) is 10.9 Å². The van der Waals surface area contributed by atoms with Crippen molar-refractivity contribution in [2.45, 2.75) is 26.1 Å². The van der Waals surface area contributed by atoms with Gasteiger partial charge >= 0.3 is 6.18 Å². The van der Waals surface area contributed by atoms with Crippen LogP contribution in [0.1, 0.15) is 23.7 Å². The fourth-order valence-electron chi connectivity index (χ4n) is 1.98. The quantitative estimate of drug-likeness (QED) is 0.765. The van der Waals surface area contributed by atoms with Gasteiger partial charge in [0.15, 0.2) is 5.78 Å². The number of ketones is 1. The Labute approximate surface area is 102 Å². The fraction of sp³-hybridized carbons (Fsp3) is 0.308. The molecule has 0 aliphatic heterocycles. The highest BCUT2D eigenvalue weighted by molar-refractivity contribution is 6.07. The first-order chi connectivity index (χ1) is 8.42. The Bertz CT molecular complexity index is 583. The number of carbonyl (C=O) groups is 1. The van der Waals surface area contributed by atoms with Crippen LogP contribution in [0, 0.1) is 0 Å². The second kappa shape index (κ2) is 4.48. The molecule has 5 heteroatoms. The van der Waals surface area contributed by atoms with E-state index in [4.69, 9.17) is 0 Å². The van der Waals surface area contributed by atoms with E-state index in [1.165, 1.54) is 6.20 Å². The second-order valence-corrected chi connectivity index (χ2v) is 4.08. The summed E-state index contributed by atoms with van der Waals surface area (Å²) in [4.78, 5) is 11.7. The molecular weight excluding hydrogens is 243 g/mol. The molecule has 0 atom stereocenters. The van der Waals surface area contributed by atoms with Gasteiger partial charge in [-0.15, -0.1) is 0 Å². The zero-order valence-electron chi connectivity index (χ0n) is 9.79. The van der Waals surface area contributed by atoms with E-state index in [0.29, 0.717) is 16.5 Å². The van der Waals surface area contributed by atoms with E-state index in [0.717, 1.165) is 4.57 Å². The maximum Gasteiger partial charge on any atom is 0.406 e. The molecule has 0 aliphatic rings. The smallest absolute Gasteiger partial charge is 0.338 e. The number of carbonyl (C=O) groups excluding carboxylic acids is 1. The Morgan fingerprint density at radius 1 is 1.28 bits per heavy atom. The predicted octanol–water partition coefficient (Wildman–Crippen LogP) is 3.80. The molecule has 2 nitrogen and oxygen atoms in total. The first-order valence-corrected chi connectivity index (χ1v) is 5.60. The summed E-state index contributed by atoms with van der Waals surface area (Å²) in [6.45, 7) is 0.614. The molecule has 2 aromatic rings. The average molecular weight is 255 g/mol. The van der Waals surface area contributed by atoms with Gasteiger partial charge in [0, 0.05) is 29.1 Å². The number of fused-ring (bicyclic) bond motifs is 1. The minimum absolute atomic E-state index is 0.146. The topological polar surface area (TPSA) is 22.0 Å². The van der Waals surface area contributed by atoms with Crippen molar-refractivity contribution in [2.24, 2.45) is 0 Å². The van der Waals surface area contributed by atoms with Crippen molar-refractivity contribution in [1.82, 2.24) is 4.57 Å². The number of para-hydroxylation sites is 1. The molecule has 0 aliphatic carbocycles. The summed E-state index contributed by atoms with van der Waals surface area (Å²) in [5.41, 5.74) is 0.795. The van der Waals surface area contributed by atoms with Crippen LogP contribution in [-0.4, -0.2) is 16.5 Å². The largest absolute Gasteiger partial charge is 0.406 e. The Kier molecular flexibility index (Phi) is 3.15.